The van der Waals surface area contributed by atoms with Crippen LogP contribution >= 0.6 is 0 Å². The number of guanidine groups is 1. The van der Waals surface area contributed by atoms with Gasteiger partial charge in [0, 0.05) is 19.3 Å². The number of aromatic nitrogens is 4. The number of aryl methyl sites for hydroxylation is 2. The van der Waals surface area contributed by atoms with Gasteiger partial charge in [-0.25, -0.2) is 9.97 Å². The summed E-state index contributed by atoms with van der Waals surface area (Å²) in [5.41, 5.74) is 8.93. The Hall–Kier alpha value is -3.16. The van der Waals surface area contributed by atoms with Crippen LogP contribution < -0.4 is 16.4 Å². The molecule has 4 N–H and O–H groups in total. The van der Waals surface area contributed by atoms with E-state index in [4.69, 9.17) is 5.73 Å². The van der Waals surface area contributed by atoms with Crippen LogP contribution in [0.5, 0.6) is 0 Å². The van der Waals surface area contributed by atoms with Crippen molar-refractivity contribution in [3.8, 4) is 0 Å². The quantitative estimate of drug-likeness (QED) is 0.359. The van der Waals surface area contributed by atoms with E-state index in [1.165, 1.54) is 11.9 Å². The summed E-state index contributed by atoms with van der Waals surface area (Å²) in [6, 6.07) is 8.15. The van der Waals surface area contributed by atoms with E-state index in [1.807, 2.05) is 19.2 Å². The van der Waals surface area contributed by atoms with Crippen molar-refractivity contribution in [1.82, 2.24) is 19.7 Å². The molecule has 0 aliphatic heterocycles. The molecule has 3 aromatic rings. The number of anilines is 2. The molecule has 0 unspecified atom stereocenters. The van der Waals surface area contributed by atoms with Crippen molar-refractivity contribution in [1.29, 1.82) is 0 Å². The molecular weight excluding hydrogens is 316 g/mol. The minimum Gasteiger partial charge on any atom is -0.370 e. The van der Waals surface area contributed by atoms with E-state index < -0.39 is 0 Å². The van der Waals surface area contributed by atoms with E-state index in [2.05, 4.69) is 49.7 Å². The van der Waals surface area contributed by atoms with E-state index in [0.29, 0.717) is 19.0 Å². The highest BCUT2D eigenvalue weighted by Gasteiger charge is 2.06. The first-order valence-corrected chi connectivity index (χ1v) is 8.20. The van der Waals surface area contributed by atoms with Crippen LogP contribution in [0.4, 0.5) is 11.5 Å². The predicted octanol–water partition coefficient (Wildman–Crippen LogP) is 1.76. The lowest BCUT2D eigenvalue weighted by Crippen LogP contribution is -2.23. The van der Waals surface area contributed by atoms with Crippen molar-refractivity contribution in [2.75, 3.05) is 23.7 Å². The summed E-state index contributed by atoms with van der Waals surface area (Å²) in [5.74, 6) is 1.13. The van der Waals surface area contributed by atoms with Crippen molar-refractivity contribution in [2.24, 2.45) is 17.8 Å². The van der Waals surface area contributed by atoms with Gasteiger partial charge in [-0.2, -0.15) is 5.10 Å². The molecule has 3 rings (SSSR count). The normalized spacial score (nSPS) is 11.7. The second-order valence-electron chi connectivity index (χ2n) is 5.60. The molecule has 0 radical (unpaired) electrons. The first-order valence-electron chi connectivity index (χ1n) is 8.20. The molecule has 0 aliphatic carbocycles. The van der Waals surface area contributed by atoms with Crippen molar-refractivity contribution < 1.29 is 0 Å². The summed E-state index contributed by atoms with van der Waals surface area (Å²) in [6.07, 6.45) is 4.28. The Kier molecular flexibility index (Phi) is 5.08. The number of fused-ring (bicyclic) bond motifs is 1. The van der Waals surface area contributed by atoms with Gasteiger partial charge < -0.3 is 16.4 Å². The fraction of sp³-hybridized carbons (Fsp3) is 0.294. The smallest absolute Gasteiger partial charge is 0.193 e. The molecule has 8 heteroatoms. The number of aliphatic imine (C=N–C) groups is 1. The molecule has 0 fully saturated rings. The lowest BCUT2D eigenvalue weighted by Gasteiger charge is -2.07. The van der Waals surface area contributed by atoms with Crippen LogP contribution in [0.2, 0.25) is 0 Å². The zero-order valence-electron chi connectivity index (χ0n) is 14.4. The Bertz CT molecular complexity index is 866. The number of nitrogens with one attached hydrogen (secondary N) is 2. The van der Waals surface area contributed by atoms with E-state index in [-0.39, 0.29) is 0 Å². The second kappa shape index (κ2) is 7.61. The summed E-state index contributed by atoms with van der Waals surface area (Å²) in [4.78, 5) is 12.8. The Balaban J connectivity index is 1.53. The number of benzene rings is 1. The summed E-state index contributed by atoms with van der Waals surface area (Å²) in [5, 5.41) is 11.4. The van der Waals surface area contributed by atoms with Gasteiger partial charge in [0.05, 0.1) is 18.1 Å². The number of hydrogen-bond acceptors (Lipinski definition) is 5. The van der Waals surface area contributed by atoms with Crippen LogP contribution in [-0.2, 0) is 13.5 Å². The molecule has 0 atom stereocenters. The molecule has 0 spiro atoms. The van der Waals surface area contributed by atoms with Crippen molar-refractivity contribution in [3.05, 3.63) is 42.4 Å². The first kappa shape index (κ1) is 16.7. The molecule has 2 heterocycles. The standard InChI is InChI=1S/C17H22N8/c1-3-12-4-6-13(7-5-12)24-17(18)20-9-8-19-15-14-10-23-25(2)16(14)22-11-21-15/h4-7,10-11H,3,8-9H2,1-2H3,(H3,18,20,24)(H,19,21,22). The highest BCUT2D eigenvalue weighted by Crippen LogP contribution is 2.17. The van der Waals surface area contributed by atoms with Gasteiger partial charge in [-0.05, 0) is 24.1 Å². The van der Waals surface area contributed by atoms with Crippen molar-refractivity contribution in [2.45, 2.75) is 13.3 Å². The fourth-order valence-corrected chi connectivity index (χ4v) is 2.46. The van der Waals surface area contributed by atoms with Crippen molar-refractivity contribution >= 4 is 28.5 Å². The molecule has 8 nitrogen and oxygen atoms in total. The molecule has 0 aliphatic rings. The molecule has 0 saturated carbocycles. The first-order chi connectivity index (χ1) is 12.2. The van der Waals surface area contributed by atoms with Crippen LogP contribution in [0.25, 0.3) is 11.0 Å². The van der Waals surface area contributed by atoms with Gasteiger partial charge in [0.2, 0.25) is 0 Å². The molecule has 25 heavy (non-hydrogen) atoms. The zero-order chi connectivity index (χ0) is 17.6. The molecule has 2 aromatic heterocycles. The average Bonchev–Trinajstić information content (AvgIpc) is 3.01. The van der Waals surface area contributed by atoms with Gasteiger partial charge in [-0.15, -0.1) is 0 Å². The van der Waals surface area contributed by atoms with Gasteiger partial charge in [0.1, 0.15) is 12.1 Å². The third kappa shape index (κ3) is 4.03. The maximum atomic E-state index is 5.92. The van der Waals surface area contributed by atoms with Crippen LogP contribution in [0.1, 0.15) is 12.5 Å². The van der Waals surface area contributed by atoms with Gasteiger partial charge in [0.15, 0.2) is 11.6 Å². The Morgan fingerprint density at radius 2 is 2.04 bits per heavy atom. The summed E-state index contributed by atoms with van der Waals surface area (Å²) in [7, 11) is 1.85. The van der Waals surface area contributed by atoms with Crippen LogP contribution in [0.3, 0.4) is 0 Å². The Morgan fingerprint density at radius 1 is 1.24 bits per heavy atom. The largest absolute Gasteiger partial charge is 0.370 e. The average molecular weight is 338 g/mol. The Labute approximate surface area is 146 Å². The van der Waals surface area contributed by atoms with E-state index in [1.54, 1.807) is 10.9 Å². The lowest BCUT2D eigenvalue weighted by molar-refractivity contribution is 0.785. The third-order valence-corrected chi connectivity index (χ3v) is 3.85. The van der Waals surface area contributed by atoms with Crippen LogP contribution in [-0.4, -0.2) is 38.8 Å². The number of nitrogens with zero attached hydrogens (tertiary/aromatic N) is 5. The zero-order valence-corrected chi connectivity index (χ0v) is 14.4. The van der Waals surface area contributed by atoms with Crippen LogP contribution in [0.15, 0.2) is 41.8 Å². The third-order valence-electron chi connectivity index (χ3n) is 3.85. The van der Waals surface area contributed by atoms with Crippen molar-refractivity contribution in [3.63, 3.8) is 0 Å². The molecular formula is C17H22N8. The summed E-state index contributed by atoms with van der Waals surface area (Å²) >= 11 is 0. The molecule has 0 amide bonds. The van der Waals surface area contributed by atoms with Gasteiger partial charge in [-0.3, -0.25) is 9.67 Å². The second-order valence-corrected chi connectivity index (χ2v) is 5.60. The summed E-state index contributed by atoms with van der Waals surface area (Å²) < 4.78 is 1.71. The molecule has 130 valence electrons. The Morgan fingerprint density at radius 3 is 2.80 bits per heavy atom. The molecule has 0 saturated heterocycles. The maximum Gasteiger partial charge on any atom is 0.193 e. The van der Waals surface area contributed by atoms with Gasteiger partial charge in [-0.1, -0.05) is 19.1 Å². The van der Waals surface area contributed by atoms with Gasteiger partial charge >= 0.3 is 0 Å². The minimum atomic E-state index is 0.389. The topological polar surface area (TPSA) is 106 Å². The molecule has 0 bridgehead atoms. The number of nitrogens with two attached hydrogens (primary N) is 1. The lowest BCUT2D eigenvalue weighted by atomic mass is 10.1. The van der Waals surface area contributed by atoms with E-state index >= 15 is 0 Å². The minimum absolute atomic E-state index is 0.389. The SMILES string of the molecule is CCc1ccc(NC(N)=NCCNc2ncnc3c2cnn3C)cc1. The fourth-order valence-electron chi connectivity index (χ4n) is 2.46. The highest BCUT2D eigenvalue weighted by molar-refractivity contribution is 5.92. The number of hydrogen-bond donors (Lipinski definition) is 3. The molecule has 1 aromatic carbocycles. The number of rotatable bonds is 6. The van der Waals surface area contributed by atoms with E-state index in [0.717, 1.165) is 29.0 Å². The predicted molar refractivity (Wildman–Crippen MR) is 101 cm³/mol. The van der Waals surface area contributed by atoms with Gasteiger partial charge in [0.25, 0.3) is 0 Å². The van der Waals surface area contributed by atoms with Crippen LogP contribution in [0, 0.1) is 0 Å². The highest BCUT2D eigenvalue weighted by atomic mass is 15.3. The maximum absolute atomic E-state index is 5.92. The van der Waals surface area contributed by atoms with E-state index in [9.17, 15) is 0 Å². The summed E-state index contributed by atoms with van der Waals surface area (Å²) in [6.45, 7) is 3.26. The monoisotopic (exact) mass is 338 g/mol.